The lowest BCUT2D eigenvalue weighted by Crippen LogP contribution is -2.30. The molecule has 2 aliphatic rings. The van der Waals surface area contributed by atoms with Crippen LogP contribution in [0.1, 0.15) is 25.7 Å². The van der Waals surface area contributed by atoms with Crippen molar-refractivity contribution >= 4 is 17.7 Å². The number of Topliss-reactive ketones (excluding diaryl/α,β-unsaturated/α-hetero) is 1. The van der Waals surface area contributed by atoms with Gasteiger partial charge in [-0.15, -0.1) is 0 Å². The Balaban J connectivity index is 2.08. The third-order valence-corrected chi connectivity index (χ3v) is 2.97. The van der Waals surface area contributed by atoms with Gasteiger partial charge in [0.1, 0.15) is 5.78 Å². The minimum atomic E-state index is 0.0410. The number of ketones is 1. The summed E-state index contributed by atoms with van der Waals surface area (Å²) < 4.78 is 0. The van der Waals surface area contributed by atoms with Gasteiger partial charge in [-0.05, 0) is 25.2 Å². The van der Waals surface area contributed by atoms with E-state index in [1.165, 1.54) is 0 Å². The van der Waals surface area contributed by atoms with Crippen LogP contribution in [0.25, 0.3) is 0 Å². The minimum Gasteiger partial charge on any atom is -0.310 e. The van der Waals surface area contributed by atoms with Crippen molar-refractivity contribution in [3.63, 3.8) is 0 Å². The molecule has 1 saturated carbocycles. The Labute approximate surface area is 83.4 Å². The molecule has 2 unspecified atom stereocenters. The van der Waals surface area contributed by atoms with E-state index in [1.54, 1.807) is 6.20 Å². The van der Waals surface area contributed by atoms with Gasteiger partial charge < -0.3 is 5.41 Å². The predicted octanol–water partition coefficient (Wildman–Crippen LogP) is 1.98. The Morgan fingerprint density at radius 1 is 1.43 bits per heavy atom. The number of nitrogens with one attached hydrogen (secondary N) is 1. The van der Waals surface area contributed by atoms with Crippen LogP contribution in [0.2, 0.25) is 0 Å². The normalized spacial score (nSPS) is 32.3. The van der Waals surface area contributed by atoms with Crippen LogP contribution in [0.15, 0.2) is 17.3 Å². The molecule has 1 N–H and O–H groups in total. The molecule has 0 aromatic heterocycles. The topological polar surface area (TPSA) is 53.3 Å². The molecule has 0 aromatic rings. The average molecular weight is 190 g/mol. The second kappa shape index (κ2) is 3.86. The maximum atomic E-state index is 11.7. The van der Waals surface area contributed by atoms with E-state index in [9.17, 15) is 4.79 Å². The molecule has 0 spiro atoms. The average Bonchev–Trinajstić information content (AvgIpc) is 2.23. The lowest BCUT2D eigenvalue weighted by Gasteiger charge is -2.27. The third kappa shape index (κ3) is 1.81. The summed E-state index contributed by atoms with van der Waals surface area (Å²) in [6.45, 7) is 0. The van der Waals surface area contributed by atoms with Crippen molar-refractivity contribution in [3.8, 4) is 0 Å². The van der Waals surface area contributed by atoms with E-state index in [0.29, 0.717) is 25.0 Å². The summed E-state index contributed by atoms with van der Waals surface area (Å²) in [6.07, 6.45) is 8.35. The van der Waals surface area contributed by atoms with Gasteiger partial charge in [-0.1, -0.05) is 6.08 Å². The van der Waals surface area contributed by atoms with Crippen molar-refractivity contribution in [3.05, 3.63) is 12.3 Å². The smallest absolute Gasteiger partial charge is 0.137 e. The number of carbonyl (C=O) groups excluding carboxylic acids is 1. The molecule has 1 aliphatic heterocycles. The molecule has 1 aliphatic carbocycles. The van der Waals surface area contributed by atoms with Crippen LogP contribution in [0.3, 0.4) is 0 Å². The van der Waals surface area contributed by atoms with Gasteiger partial charge in [0.05, 0.1) is 0 Å². The molecule has 2 atom stereocenters. The number of rotatable bonds is 1. The van der Waals surface area contributed by atoms with E-state index in [-0.39, 0.29) is 11.8 Å². The van der Waals surface area contributed by atoms with Crippen molar-refractivity contribution in [2.24, 2.45) is 16.8 Å². The molecule has 14 heavy (non-hydrogen) atoms. The van der Waals surface area contributed by atoms with Crippen molar-refractivity contribution in [1.29, 1.82) is 5.41 Å². The highest BCUT2D eigenvalue weighted by Gasteiger charge is 2.30. The van der Waals surface area contributed by atoms with Crippen LogP contribution in [-0.4, -0.2) is 17.7 Å². The van der Waals surface area contributed by atoms with Crippen molar-refractivity contribution < 1.29 is 4.79 Å². The monoisotopic (exact) mass is 190 g/mol. The SMILES string of the molecule is N=C1CCC(=O)C(C2C=CN=CC2)C1. The molecular weight excluding hydrogens is 176 g/mol. The van der Waals surface area contributed by atoms with Gasteiger partial charge in [-0.2, -0.15) is 0 Å². The first kappa shape index (κ1) is 9.31. The molecule has 74 valence electrons. The Kier molecular flexibility index (Phi) is 2.57. The Hall–Kier alpha value is -1.25. The van der Waals surface area contributed by atoms with E-state index < -0.39 is 0 Å². The lowest BCUT2D eigenvalue weighted by atomic mass is 9.76. The summed E-state index contributed by atoms with van der Waals surface area (Å²) in [5, 5.41) is 7.62. The highest BCUT2D eigenvalue weighted by Crippen LogP contribution is 2.29. The molecule has 2 rings (SSSR count). The van der Waals surface area contributed by atoms with Gasteiger partial charge in [-0.3, -0.25) is 9.79 Å². The van der Waals surface area contributed by atoms with Crippen LogP contribution in [-0.2, 0) is 4.79 Å². The van der Waals surface area contributed by atoms with Crippen molar-refractivity contribution in [2.45, 2.75) is 25.7 Å². The summed E-state index contributed by atoms with van der Waals surface area (Å²) in [5.74, 6) is 0.644. The standard InChI is InChI=1S/C11H14N2O/c12-9-1-2-11(14)10(7-9)8-3-5-13-6-4-8/h3,5-6,8,10,12H,1-2,4,7H2. The first-order valence-electron chi connectivity index (χ1n) is 5.04. The van der Waals surface area contributed by atoms with Gasteiger partial charge in [0.25, 0.3) is 0 Å². The highest BCUT2D eigenvalue weighted by molar-refractivity contribution is 5.96. The number of aliphatic imine (C=N–C) groups is 1. The molecule has 3 heteroatoms. The first-order chi connectivity index (χ1) is 6.77. The first-order valence-corrected chi connectivity index (χ1v) is 5.04. The van der Waals surface area contributed by atoms with Gasteiger partial charge in [0.15, 0.2) is 0 Å². The van der Waals surface area contributed by atoms with Gasteiger partial charge >= 0.3 is 0 Å². The minimum absolute atomic E-state index is 0.0410. The van der Waals surface area contributed by atoms with Crippen LogP contribution < -0.4 is 0 Å². The second-order valence-corrected chi connectivity index (χ2v) is 3.95. The van der Waals surface area contributed by atoms with Gasteiger partial charge in [0.2, 0.25) is 0 Å². The van der Waals surface area contributed by atoms with Crippen LogP contribution in [0.4, 0.5) is 0 Å². The number of hydrogen-bond acceptors (Lipinski definition) is 3. The van der Waals surface area contributed by atoms with E-state index in [2.05, 4.69) is 4.99 Å². The summed E-state index contributed by atoms with van der Waals surface area (Å²) in [5.41, 5.74) is 0.727. The molecule has 0 amide bonds. The fraction of sp³-hybridized carbons (Fsp3) is 0.545. The second-order valence-electron chi connectivity index (χ2n) is 3.95. The van der Waals surface area contributed by atoms with Crippen molar-refractivity contribution in [1.82, 2.24) is 0 Å². The van der Waals surface area contributed by atoms with E-state index in [4.69, 9.17) is 5.41 Å². The largest absolute Gasteiger partial charge is 0.310 e. The Morgan fingerprint density at radius 2 is 2.29 bits per heavy atom. The van der Waals surface area contributed by atoms with E-state index in [1.807, 2.05) is 12.3 Å². The van der Waals surface area contributed by atoms with E-state index in [0.717, 1.165) is 12.1 Å². The third-order valence-electron chi connectivity index (χ3n) is 2.97. The number of nitrogens with zero attached hydrogens (tertiary/aromatic N) is 1. The summed E-state index contributed by atoms with van der Waals surface area (Å²) in [4.78, 5) is 15.7. The summed E-state index contributed by atoms with van der Waals surface area (Å²) in [7, 11) is 0. The molecule has 1 fully saturated rings. The fourth-order valence-electron chi connectivity index (χ4n) is 2.11. The molecular formula is C11H14N2O. The molecule has 1 heterocycles. The Bertz CT molecular complexity index is 317. The fourth-order valence-corrected chi connectivity index (χ4v) is 2.11. The lowest BCUT2D eigenvalue weighted by molar-refractivity contribution is -0.124. The highest BCUT2D eigenvalue weighted by atomic mass is 16.1. The number of allylic oxidation sites excluding steroid dienone is 1. The zero-order chi connectivity index (χ0) is 9.97. The van der Waals surface area contributed by atoms with Crippen molar-refractivity contribution in [2.75, 3.05) is 0 Å². The zero-order valence-electron chi connectivity index (χ0n) is 8.07. The van der Waals surface area contributed by atoms with Crippen LogP contribution in [0.5, 0.6) is 0 Å². The molecule has 3 nitrogen and oxygen atoms in total. The maximum absolute atomic E-state index is 11.7. The zero-order valence-corrected chi connectivity index (χ0v) is 8.07. The quantitative estimate of drug-likeness (QED) is 0.675. The molecule has 0 saturated heterocycles. The number of hydrogen-bond donors (Lipinski definition) is 1. The van der Waals surface area contributed by atoms with Gasteiger partial charge in [-0.25, -0.2) is 0 Å². The molecule has 0 radical (unpaired) electrons. The Morgan fingerprint density at radius 3 is 3.00 bits per heavy atom. The van der Waals surface area contributed by atoms with Gasteiger partial charge in [0, 0.05) is 30.5 Å². The predicted molar refractivity (Wildman–Crippen MR) is 55.8 cm³/mol. The summed E-state index contributed by atoms with van der Waals surface area (Å²) >= 11 is 0. The summed E-state index contributed by atoms with van der Waals surface area (Å²) in [6, 6.07) is 0. The molecule has 0 aromatic carbocycles. The number of carbonyl (C=O) groups is 1. The maximum Gasteiger partial charge on any atom is 0.137 e. The molecule has 0 bridgehead atoms. The van der Waals surface area contributed by atoms with Crippen LogP contribution >= 0.6 is 0 Å². The van der Waals surface area contributed by atoms with E-state index >= 15 is 0 Å². The van der Waals surface area contributed by atoms with Crippen LogP contribution in [0, 0.1) is 17.2 Å².